The van der Waals surface area contributed by atoms with Crippen LogP contribution in [-0.2, 0) is 12.0 Å². The first kappa shape index (κ1) is 9.41. The lowest BCUT2D eigenvalue weighted by molar-refractivity contribution is 0.500. The lowest BCUT2D eigenvalue weighted by atomic mass is 9.92. The van der Waals surface area contributed by atoms with Crippen molar-refractivity contribution in [3.63, 3.8) is 0 Å². The van der Waals surface area contributed by atoms with E-state index in [1.165, 1.54) is 6.07 Å². The zero-order valence-electron chi connectivity index (χ0n) is 8.44. The van der Waals surface area contributed by atoms with Crippen molar-refractivity contribution in [2.24, 2.45) is 5.73 Å². The third-order valence-corrected chi connectivity index (χ3v) is 3.11. The van der Waals surface area contributed by atoms with Crippen molar-refractivity contribution in [3.05, 3.63) is 41.0 Å². The quantitative estimate of drug-likeness (QED) is 0.731. The molecule has 0 spiro atoms. The van der Waals surface area contributed by atoms with Gasteiger partial charge in [-0.25, -0.2) is 4.39 Å². The molecule has 0 saturated heterocycles. The standard InChI is InChI=1S/C10H10FN5/c11-8-3-1-2-7-6(8)4-5-10(7,12)9-13-15-16-14-9/h1-3H,4-5,12H2,(H,13,14,15,16). The Kier molecular flexibility index (Phi) is 1.81. The number of rotatable bonds is 1. The first-order chi connectivity index (χ1) is 7.72. The van der Waals surface area contributed by atoms with Gasteiger partial charge in [0.05, 0.1) is 0 Å². The van der Waals surface area contributed by atoms with Crippen LogP contribution in [0.1, 0.15) is 23.4 Å². The van der Waals surface area contributed by atoms with Crippen molar-refractivity contribution < 1.29 is 4.39 Å². The molecule has 1 unspecified atom stereocenters. The third kappa shape index (κ3) is 1.10. The van der Waals surface area contributed by atoms with Crippen LogP contribution in [0, 0.1) is 5.82 Å². The van der Waals surface area contributed by atoms with Crippen LogP contribution in [0.15, 0.2) is 18.2 Å². The van der Waals surface area contributed by atoms with Gasteiger partial charge in [-0.1, -0.05) is 17.3 Å². The van der Waals surface area contributed by atoms with E-state index in [9.17, 15) is 4.39 Å². The first-order valence-corrected chi connectivity index (χ1v) is 5.02. The number of tetrazole rings is 1. The lowest BCUT2D eigenvalue weighted by Gasteiger charge is -2.20. The van der Waals surface area contributed by atoms with E-state index in [-0.39, 0.29) is 5.82 Å². The minimum absolute atomic E-state index is 0.215. The highest BCUT2D eigenvalue weighted by Gasteiger charge is 2.41. The molecule has 1 aromatic carbocycles. The molecule has 2 aromatic rings. The Morgan fingerprint density at radius 1 is 1.44 bits per heavy atom. The van der Waals surface area contributed by atoms with Gasteiger partial charge in [0.25, 0.3) is 0 Å². The summed E-state index contributed by atoms with van der Waals surface area (Å²) in [6.07, 6.45) is 1.20. The van der Waals surface area contributed by atoms with E-state index in [1.807, 2.05) is 6.07 Å². The molecular weight excluding hydrogens is 209 g/mol. The Bertz CT molecular complexity index is 524. The molecule has 16 heavy (non-hydrogen) atoms. The lowest BCUT2D eigenvalue weighted by Crippen LogP contribution is -2.36. The summed E-state index contributed by atoms with van der Waals surface area (Å²) in [6.45, 7) is 0. The molecule has 0 aliphatic heterocycles. The van der Waals surface area contributed by atoms with Crippen LogP contribution >= 0.6 is 0 Å². The number of fused-ring (bicyclic) bond motifs is 1. The number of halogens is 1. The van der Waals surface area contributed by atoms with Crippen LogP contribution in [0.3, 0.4) is 0 Å². The molecule has 0 saturated carbocycles. The normalized spacial score (nSPS) is 23.4. The molecule has 1 aliphatic carbocycles. The number of hydrogen-bond donors (Lipinski definition) is 2. The molecule has 6 heteroatoms. The maximum absolute atomic E-state index is 13.6. The van der Waals surface area contributed by atoms with Gasteiger partial charge >= 0.3 is 0 Å². The van der Waals surface area contributed by atoms with Crippen molar-refractivity contribution in [1.82, 2.24) is 20.6 Å². The predicted molar refractivity (Wildman–Crippen MR) is 53.9 cm³/mol. The van der Waals surface area contributed by atoms with Gasteiger partial charge in [-0.3, -0.25) is 0 Å². The molecule has 0 radical (unpaired) electrons. The molecule has 1 aliphatic rings. The Labute approximate surface area is 90.9 Å². The minimum atomic E-state index is -0.815. The SMILES string of the molecule is NC1(c2nn[nH]n2)CCc2c(F)cccc21. The van der Waals surface area contributed by atoms with Gasteiger partial charge in [-0.15, -0.1) is 10.2 Å². The molecule has 5 nitrogen and oxygen atoms in total. The topological polar surface area (TPSA) is 80.5 Å². The average Bonchev–Trinajstić information content (AvgIpc) is 2.88. The first-order valence-electron chi connectivity index (χ1n) is 5.02. The Morgan fingerprint density at radius 3 is 3.06 bits per heavy atom. The number of nitrogens with two attached hydrogens (primary N) is 1. The summed E-state index contributed by atoms with van der Waals surface area (Å²) in [5, 5.41) is 13.7. The molecule has 3 N–H and O–H groups in total. The molecule has 1 heterocycles. The van der Waals surface area contributed by atoms with Crippen molar-refractivity contribution in [1.29, 1.82) is 0 Å². The van der Waals surface area contributed by atoms with E-state index in [4.69, 9.17) is 5.73 Å². The second kappa shape index (κ2) is 3.08. The second-order valence-electron chi connectivity index (χ2n) is 3.97. The predicted octanol–water partition coefficient (Wildman–Crippen LogP) is 0.487. The van der Waals surface area contributed by atoms with E-state index < -0.39 is 5.54 Å². The smallest absolute Gasteiger partial charge is 0.198 e. The Hall–Kier alpha value is -1.82. The number of aromatic nitrogens is 4. The van der Waals surface area contributed by atoms with Gasteiger partial charge in [0.2, 0.25) is 0 Å². The molecule has 0 amide bonds. The van der Waals surface area contributed by atoms with Crippen LogP contribution in [0.25, 0.3) is 0 Å². The zero-order valence-corrected chi connectivity index (χ0v) is 8.44. The fourth-order valence-electron chi connectivity index (χ4n) is 2.27. The van der Waals surface area contributed by atoms with Crippen LogP contribution < -0.4 is 5.73 Å². The maximum Gasteiger partial charge on any atom is 0.198 e. The van der Waals surface area contributed by atoms with Crippen LogP contribution in [0.4, 0.5) is 4.39 Å². The zero-order chi connectivity index (χ0) is 11.2. The van der Waals surface area contributed by atoms with Crippen LogP contribution in [-0.4, -0.2) is 20.6 Å². The summed E-state index contributed by atoms with van der Waals surface area (Å²) in [6, 6.07) is 4.92. The fourth-order valence-corrected chi connectivity index (χ4v) is 2.27. The van der Waals surface area contributed by atoms with Crippen LogP contribution in [0.5, 0.6) is 0 Å². The number of H-pyrrole nitrogens is 1. The molecule has 1 atom stereocenters. The number of nitrogens with zero attached hydrogens (tertiary/aromatic N) is 3. The molecule has 3 rings (SSSR count). The highest BCUT2D eigenvalue weighted by molar-refractivity contribution is 5.43. The Balaban J connectivity index is 2.19. The Morgan fingerprint density at radius 2 is 2.31 bits per heavy atom. The van der Waals surface area contributed by atoms with Gasteiger partial charge < -0.3 is 5.73 Å². The summed E-state index contributed by atoms with van der Waals surface area (Å²) in [5.74, 6) is 0.199. The fraction of sp³-hybridized carbons (Fsp3) is 0.300. The van der Waals surface area contributed by atoms with Gasteiger partial charge in [0.15, 0.2) is 5.82 Å². The summed E-state index contributed by atoms with van der Waals surface area (Å²) in [7, 11) is 0. The van der Waals surface area contributed by atoms with E-state index in [0.29, 0.717) is 24.2 Å². The highest BCUT2D eigenvalue weighted by Crippen LogP contribution is 2.38. The van der Waals surface area contributed by atoms with Crippen molar-refractivity contribution >= 4 is 0 Å². The highest BCUT2D eigenvalue weighted by atomic mass is 19.1. The van der Waals surface area contributed by atoms with E-state index in [1.54, 1.807) is 6.07 Å². The molecule has 0 bridgehead atoms. The summed E-state index contributed by atoms with van der Waals surface area (Å²) in [5.41, 5.74) is 6.86. The van der Waals surface area contributed by atoms with Crippen molar-refractivity contribution in [2.45, 2.75) is 18.4 Å². The van der Waals surface area contributed by atoms with E-state index in [0.717, 1.165) is 5.56 Å². The number of hydrogen-bond acceptors (Lipinski definition) is 4. The molecule has 82 valence electrons. The van der Waals surface area contributed by atoms with Gasteiger partial charge in [0.1, 0.15) is 11.4 Å². The van der Waals surface area contributed by atoms with Crippen molar-refractivity contribution in [3.8, 4) is 0 Å². The van der Waals surface area contributed by atoms with Gasteiger partial charge in [-0.05, 0) is 30.0 Å². The number of aromatic amines is 1. The van der Waals surface area contributed by atoms with E-state index >= 15 is 0 Å². The van der Waals surface area contributed by atoms with Gasteiger partial charge in [-0.2, -0.15) is 5.21 Å². The van der Waals surface area contributed by atoms with Gasteiger partial charge in [0, 0.05) is 0 Å². The molecule has 1 aromatic heterocycles. The largest absolute Gasteiger partial charge is 0.315 e. The molecular formula is C10H10FN5. The van der Waals surface area contributed by atoms with Crippen LogP contribution in [0.2, 0.25) is 0 Å². The minimum Gasteiger partial charge on any atom is -0.315 e. The van der Waals surface area contributed by atoms with Crippen molar-refractivity contribution in [2.75, 3.05) is 0 Å². The average molecular weight is 219 g/mol. The monoisotopic (exact) mass is 219 g/mol. The maximum atomic E-state index is 13.6. The van der Waals surface area contributed by atoms with E-state index in [2.05, 4.69) is 20.6 Å². The second-order valence-corrected chi connectivity index (χ2v) is 3.97. The molecule has 0 fully saturated rings. The summed E-state index contributed by atoms with van der Waals surface area (Å²) in [4.78, 5) is 0. The summed E-state index contributed by atoms with van der Waals surface area (Å²) < 4.78 is 13.6. The number of benzene rings is 1. The number of nitrogens with one attached hydrogen (secondary N) is 1. The summed E-state index contributed by atoms with van der Waals surface area (Å²) >= 11 is 0. The third-order valence-electron chi connectivity index (χ3n) is 3.11.